The molecule has 0 spiro atoms. The molecule has 1 unspecified atom stereocenters. The molecule has 4 heteroatoms. The highest BCUT2D eigenvalue weighted by Crippen LogP contribution is 2.26. The summed E-state index contributed by atoms with van der Waals surface area (Å²) in [4.78, 5) is 0. The number of ether oxygens (including phenoxy) is 1. The van der Waals surface area contributed by atoms with Crippen LogP contribution >= 0.6 is 11.6 Å². The number of nitrogens with zero attached hydrogens (tertiary/aromatic N) is 1. The average Bonchev–Trinajstić information content (AvgIpc) is 2.53. The number of hydrogen-bond donors (Lipinski definition) is 1. The van der Waals surface area contributed by atoms with Crippen molar-refractivity contribution in [3.63, 3.8) is 0 Å². The summed E-state index contributed by atoms with van der Waals surface area (Å²) in [5.74, 6) is 0.780. The number of hydrogen-bond acceptors (Lipinski definition) is 3. The van der Waals surface area contributed by atoms with Crippen LogP contribution in [0.2, 0.25) is 5.02 Å². The lowest BCUT2D eigenvalue weighted by Gasteiger charge is -2.16. The first-order chi connectivity index (χ1) is 10.2. The van der Waals surface area contributed by atoms with Crippen LogP contribution in [0, 0.1) is 11.3 Å². The highest BCUT2D eigenvalue weighted by Gasteiger charge is 2.10. The Labute approximate surface area is 130 Å². The fourth-order valence-corrected chi connectivity index (χ4v) is 2.35. The third-order valence-corrected chi connectivity index (χ3v) is 3.77. The molecule has 0 aromatic heterocycles. The van der Waals surface area contributed by atoms with Crippen molar-refractivity contribution in [2.75, 3.05) is 7.11 Å². The minimum Gasteiger partial charge on any atom is -0.496 e. The van der Waals surface area contributed by atoms with Crippen molar-refractivity contribution in [2.24, 2.45) is 0 Å². The van der Waals surface area contributed by atoms with Gasteiger partial charge in [0.25, 0.3) is 0 Å². The van der Waals surface area contributed by atoms with E-state index in [1.807, 2.05) is 42.5 Å². The normalized spacial score (nSPS) is 11.7. The molecule has 0 amide bonds. The van der Waals surface area contributed by atoms with Gasteiger partial charge in [0.15, 0.2) is 0 Å². The van der Waals surface area contributed by atoms with Gasteiger partial charge in [-0.25, -0.2) is 0 Å². The van der Waals surface area contributed by atoms with Crippen molar-refractivity contribution in [3.8, 4) is 11.8 Å². The number of methoxy groups -OCH3 is 1. The topological polar surface area (TPSA) is 45.0 Å². The molecule has 0 aliphatic carbocycles. The monoisotopic (exact) mass is 300 g/mol. The summed E-state index contributed by atoms with van der Waals surface area (Å²) < 4.78 is 5.33. The zero-order valence-corrected chi connectivity index (χ0v) is 12.8. The van der Waals surface area contributed by atoms with E-state index in [2.05, 4.69) is 18.3 Å². The van der Waals surface area contributed by atoms with E-state index in [1.54, 1.807) is 7.11 Å². The van der Waals surface area contributed by atoms with Crippen LogP contribution in [0.5, 0.6) is 5.75 Å². The predicted molar refractivity (Wildman–Crippen MR) is 84.4 cm³/mol. The number of nitrogens with one attached hydrogen (secondary N) is 1. The first-order valence-electron chi connectivity index (χ1n) is 6.70. The molecule has 0 aliphatic heterocycles. The Hall–Kier alpha value is -2.02. The second kappa shape index (κ2) is 7.12. The van der Waals surface area contributed by atoms with Gasteiger partial charge in [0, 0.05) is 23.2 Å². The molecule has 0 fully saturated rings. The third-order valence-electron chi connectivity index (χ3n) is 3.42. The second-order valence-electron chi connectivity index (χ2n) is 4.76. The maximum absolute atomic E-state index is 8.81. The Bertz CT molecular complexity index is 647. The fourth-order valence-electron chi connectivity index (χ4n) is 2.12. The molecule has 2 aromatic carbocycles. The standard InChI is InChI=1S/C17H17ClN2O/c1-12(14-8-6-13(10-19)7-9-14)20-11-15-16(18)4-3-5-17(15)21-2/h3-9,12,20H,11H2,1-2H3. The number of benzene rings is 2. The molecule has 0 saturated heterocycles. The Morgan fingerprint density at radius 3 is 2.57 bits per heavy atom. The smallest absolute Gasteiger partial charge is 0.124 e. The zero-order valence-electron chi connectivity index (χ0n) is 12.1. The SMILES string of the molecule is COc1cccc(Cl)c1CNC(C)c1ccc(C#N)cc1. The molecule has 0 aliphatic rings. The van der Waals surface area contributed by atoms with Crippen LogP contribution in [0.25, 0.3) is 0 Å². The van der Waals surface area contributed by atoms with Crippen LogP contribution in [0.4, 0.5) is 0 Å². The highest BCUT2D eigenvalue weighted by atomic mass is 35.5. The molecule has 2 aromatic rings. The van der Waals surface area contributed by atoms with Crippen LogP contribution in [-0.4, -0.2) is 7.11 Å². The summed E-state index contributed by atoms with van der Waals surface area (Å²) in [6.07, 6.45) is 0. The zero-order chi connectivity index (χ0) is 15.2. The summed E-state index contributed by atoms with van der Waals surface area (Å²) in [6, 6.07) is 15.5. The fraction of sp³-hybridized carbons (Fsp3) is 0.235. The third kappa shape index (κ3) is 3.75. The van der Waals surface area contributed by atoms with E-state index in [0.29, 0.717) is 17.1 Å². The second-order valence-corrected chi connectivity index (χ2v) is 5.16. The van der Waals surface area contributed by atoms with E-state index < -0.39 is 0 Å². The molecule has 1 N–H and O–H groups in total. The van der Waals surface area contributed by atoms with Crippen LogP contribution in [-0.2, 0) is 6.54 Å². The lowest BCUT2D eigenvalue weighted by molar-refractivity contribution is 0.406. The predicted octanol–water partition coefficient (Wildman–Crippen LogP) is 4.07. The van der Waals surface area contributed by atoms with Crippen LogP contribution in [0.1, 0.15) is 29.7 Å². The summed E-state index contributed by atoms with van der Waals surface area (Å²) in [5.41, 5.74) is 2.74. The van der Waals surface area contributed by atoms with Gasteiger partial charge in [-0.1, -0.05) is 29.8 Å². The van der Waals surface area contributed by atoms with Crippen LogP contribution < -0.4 is 10.1 Å². The maximum Gasteiger partial charge on any atom is 0.124 e. The van der Waals surface area contributed by atoms with Gasteiger partial charge in [0.05, 0.1) is 18.7 Å². The van der Waals surface area contributed by atoms with Gasteiger partial charge in [0.1, 0.15) is 5.75 Å². The van der Waals surface area contributed by atoms with Gasteiger partial charge in [0.2, 0.25) is 0 Å². The quantitative estimate of drug-likeness (QED) is 0.905. The molecule has 21 heavy (non-hydrogen) atoms. The maximum atomic E-state index is 8.81. The van der Waals surface area contributed by atoms with Gasteiger partial charge in [-0.3, -0.25) is 0 Å². The average molecular weight is 301 g/mol. The highest BCUT2D eigenvalue weighted by molar-refractivity contribution is 6.31. The molecule has 3 nitrogen and oxygen atoms in total. The van der Waals surface area contributed by atoms with Crippen LogP contribution in [0.15, 0.2) is 42.5 Å². The van der Waals surface area contributed by atoms with Gasteiger partial charge >= 0.3 is 0 Å². The lowest BCUT2D eigenvalue weighted by Crippen LogP contribution is -2.18. The van der Waals surface area contributed by atoms with Crippen LogP contribution in [0.3, 0.4) is 0 Å². The van der Waals surface area contributed by atoms with E-state index in [9.17, 15) is 0 Å². The van der Waals surface area contributed by atoms with E-state index >= 15 is 0 Å². The van der Waals surface area contributed by atoms with E-state index in [1.165, 1.54) is 0 Å². The minimum atomic E-state index is 0.152. The number of rotatable bonds is 5. The van der Waals surface area contributed by atoms with Crippen molar-refractivity contribution in [3.05, 3.63) is 64.2 Å². The number of halogens is 1. The summed E-state index contributed by atoms with van der Waals surface area (Å²) >= 11 is 6.22. The molecule has 0 heterocycles. The van der Waals surface area contributed by atoms with Crippen molar-refractivity contribution in [2.45, 2.75) is 19.5 Å². The Morgan fingerprint density at radius 2 is 1.95 bits per heavy atom. The Kier molecular flexibility index (Phi) is 5.21. The van der Waals surface area contributed by atoms with Crippen molar-refractivity contribution in [1.29, 1.82) is 5.26 Å². The lowest BCUT2D eigenvalue weighted by atomic mass is 10.1. The van der Waals surface area contributed by atoms with Crippen molar-refractivity contribution >= 4 is 11.6 Å². The Balaban J connectivity index is 2.07. The van der Waals surface area contributed by atoms with Gasteiger partial charge in [-0.15, -0.1) is 0 Å². The van der Waals surface area contributed by atoms with E-state index in [4.69, 9.17) is 21.6 Å². The first kappa shape index (κ1) is 15.4. The first-order valence-corrected chi connectivity index (χ1v) is 7.08. The molecular weight excluding hydrogens is 284 g/mol. The van der Waals surface area contributed by atoms with Crippen molar-refractivity contribution < 1.29 is 4.74 Å². The van der Waals surface area contributed by atoms with Gasteiger partial charge < -0.3 is 10.1 Å². The molecule has 2 rings (SSSR count). The van der Waals surface area contributed by atoms with Gasteiger partial charge in [-0.05, 0) is 36.8 Å². The van der Waals surface area contributed by atoms with Gasteiger partial charge in [-0.2, -0.15) is 5.26 Å². The molecule has 0 saturated carbocycles. The molecule has 0 bridgehead atoms. The largest absolute Gasteiger partial charge is 0.496 e. The van der Waals surface area contributed by atoms with E-state index in [-0.39, 0.29) is 6.04 Å². The summed E-state index contributed by atoms with van der Waals surface area (Å²) in [5, 5.41) is 12.9. The minimum absolute atomic E-state index is 0.152. The van der Waals surface area contributed by atoms with Crippen molar-refractivity contribution in [1.82, 2.24) is 5.32 Å². The molecular formula is C17H17ClN2O. The molecule has 108 valence electrons. The summed E-state index contributed by atoms with van der Waals surface area (Å²) in [6.45, 7) is 2.69. The number of nitriles is 1. The molecule has 1 atom stereocenters. The Morgan fingerprint density at radius 1 is 1.24 bits per heavy atom. The molecule has 0 radical (unpaired) electrons. The summed E-state index contributed by atoms with van der Waals surface area (Å²) in [7, 11) is 1.64. The van der Waals surface area contributed by atoms with E-state index in [0.717, 1.165) is 16.9 Å².